The van der Waals surface area contributed by atoms with E-state index in [1.54, 1.807) is 0 Å². The number of fused-ring (bicyclic) bond motifs is 5. The van der Waals surface area contributed by atoms with E-state index in [9.17, 15) is 4.79 Å². The van der Waals surface area contributed by atoms with Crippen LogP contribution in [0.4, 0.5) is 0 Å². The molecule has 19 heavy (non-hydrogen) atoms. The van der Waals surface area contributed by atoms with Gasteiger partial charge in [0, 0.05) is 23.6 Å². The summed E-state index contributed by atoms with van der Waals surface area (Å²) in [6.45, 7) is 0.679. The van der Waals surface area contributed by atoms with Gasteiger partial charge >= 0.3 is 0 Å². The lowest BCUT2D eigenvalue weighted by atomic mass is 9.84. The van der Waals surface area contributed by atoms with E-state index in [4.69, 9.17) is 4.74 Å². The van der Waals surface area contributed by atoms with Crippen LogP contribution in [0.25, 0.3) is 0 Å². The average Bonchev–Trinajstić information content (AvgIpc) is 2.75. The van der Waals surface area contributed by atoms with Crippen molar-refractivity contribution in [2.24, 2.45) is 0 Å². The molecule has 0 bridgehead atoms. The van der Waals surface area contributed by atoms with Gasteiger partial charge in [-0.05, 0) is 12.1 Å². The molecule has 2 aromatic carbocycles. The molecule has 2 heterocycles. The predicted octanol–water partition coefficient (Wildman–Crippen LogP) is 2.79. The van der Waals surface area contributed by atoms with Crippen LogP contribution in [0.5, 0.6) is 11.5 Å². The van der Waals surface area contributed by atoms with E-state index >= 15 is 0 Å². The molecule has 4 rings (SSSR count). The van der Waals surface area contributed by atoms with Gasteiger partial charge in [-0.3, -0.25) is 4.79 Å². The van der Waals surface area contributed by atoms with Gasteiger partial charge in [-0.25, -0.2) is 0 Å². The fraction of sp³-hybridized carbons (Fsp3) is 0.188. The zero-order valence-corrected chi connectivity index (χ0v) is 10.3. The third kappa shape index (κ3) is 1.48. The van der Waals surface area contributed by atoms with Crippen molar-refractivity contribution in [1.82, 2.24) is 5.32 Å². The number of hydrogen-bond donors (Lipinski definition) is 1. The van der Waals surface area contributed by atoms with Crippen molar-refractivity contribution in [1.29, 1.82) is 0 Å². The van der Waals surface area contributed by atoms with Crippen molar-refractivity contribution < 1.29 is 9.53 Å². The first kappa shape index (κ1) is 10.6. The van der Waals surface area contributed by atoms with Crippen molar-refractivity contribution in [2.75, 3.05) is 6.54 Å². The lowest BCUT2D eigenvalue weighted by molar-refractivity contribution is -0.120. The summed E-state index contributed by atoms with van der Waals surface area (Å²) in [4.78, 5) is 12.2. The normalized spacial score (nSPS) is 23.5. The molecule has 1 saturated heterocycles. The van der Waals surface area contributed by atoms with Crippen LogP contribution >= 0.6 is 0 Å². The third-order valence-electron chi connectivity index (χ3n) is 3.97. The van der Waals surface area contributed by atoms with E-state index < -0.39 is 0 Å². The van der Waals surface area contributed by atoms with E-state index in [0.29, 0.717) is 6.54 Å². The Morgan fingerprint density at radius 1 is 0.947 bits per heavy atom. The predicted molar refractivity (Wildman–Crippen MR) is 71.4 cm³/mol. The van der Waals surface area contributed by atoms with Crippen molar-refractivity contribution in [2.45, 2.75) is 11.8 Å². The maximum absolute atomic E-state index is 12.2. The summed E-state index contributed by atoms with van der Waals surface area (Å²) < 4.78 is 6.01. The van der Waals surface area contributed by atoms with Gasteiger partial charge in [0.2, 0.25) is 5.91 Å². The molecule has 0 spiro atoms. The number of rotatable bonds is 0. The van der Waals surface area contributed by atoms with Gasteiger partial charge in [0.15, 0.2) is 0 Å². The monoisotopic (exact) mass is 251 g/mol. The first-order valence-corrected chi connectivity index (χ1v) is 6.48. The van der Waals surface area contributed by atoms with Crippen molar-refractivity contribution in [3.8, 4) is 11.5 Å². The summed E-state index contributed by atoms with van der Waals surface area (Å²) in [6, 6.07) is 15.8. The Labute approximate surface area is 111 Å². The second-order valence-corrected chi connectivity index (χ2v) is 5.01. The molecular formula is C16H13NO2. The Bertz CT molecular complexity index is 665. The molecule has 2 unspecified atom stereocenters. The standard InChI is InChI=1S/C16H13NO2/c18-16-15-11-6-2-4-8-14(11)19-13-7-3-1-5-10(13)12(15)9-17-16/h1-8,12,15H,9H2,(H,17,18). The summed E-state index contributed by atoms with van der Waals surface area (Å²) in [5, 5.41) is 2.98. The quantitative estimate of drug-likeness (QED) is 0.782. The molecule has 3 heteroatoms. The summed E-state index contributed by atoms with van der Waals surface area (Å²) in [5.41, 5.74) is 2.10. The molecule has 2 atom stereocenters. The number of ether oxygens (including phenoxy) is 1. The Balaban J connectivity index is 1.98. The fourth-order valence-corrected chi connectivity index (χ4v) is 3.10. The van der Waals surface area contributed by atoms with Crippen molar-refractivity contribution >= 4 is 5.91 Å². The van der Waals surface area contributed by atoms with Crippen LogP contribution in [-0.4, -0.2) is 12.5 Å². The highest BCUT2D eigenvalue weighted by Crippen LogP contribution is 2.47. The van der Waals surface area contributed by atoms with E-state index in [1.165, 1.54) is 0 Å². The second-order valence-electron chi connectivity index (χ2n) is 5.01. The molecule has 3 nitrogen and oxygen atoms in total. The minimum atomic E-state index is -0.139. The van der Waals surface area contributed by atoms with Crippen LogP contribution in [0.1, 0.15) is 23.0 Å². The second kappa shape index (κ2) is 3.85. The molecule has 1 fully saturated rings. The van der Waals surface area contributed by atoms with Gasteiger partial charge in [-0.2, -0.15) is 0 Å². The maximum atomic E-state index is 12.2. The molecular weight excluding hydrogens is 238 g/mol. The molecule has 0 aromatic heterocycles. The lowest BCUT2D eigenvalue weighted by Crippen LogP contribution is -2.18. The molecule has 1 N–H and O–H groups in total. The van der Waals surface area contributed by atoms with E-state index in [-0.39, 0.29) is 17.7 Å². The minimum absolute atomic E-state index is 0.0951. The molecule has 2 aliphatic rings. The largest absolute Gasteiger partial charge is 0.457 e. The van der Waals surface area contributed by atoms with Gasteiger partial charge in [0.05, 0.1) is 5.92 Å². The number of carbonyl (C=O) groups excluding carboxylic acids is 1. The summed E-state index contributed by atoms with van der Waals surface area (Å²) in [5.74, 6) is 1.77. The number of hydrogen-bond acceptors (Lipinski definition) is 2. The first-order valence-electron chi connectivity index (χ1n) is 6.48. The maximum Gasteiger partial charge on any atom is 0.228 e. The van der Waals surface area contributed by atoms with Crippen molar-refractivity contribution in [3.05, 3.63) is 59.7 Å². The number of para-hydroxylation sites is 2. The zero-order valence-electron chi connectivity index (χ0n) is 10.3. The van der Waals surface area contributed by atoms with E-state index in [2.05, 4.69) is 11.4 Å². The van der Waals surface area contributed by atoms with E-state index in [0.717, 1.165) is 22.6 Å². The third-order valence-corrected chi connectivity index (χ3v) is 3.97. The van der Waals surface area contributed by atoms with Gasteiger partial charge in [-0.15, -0.1) is 0 Å². The summed E-state index contributed by atoms with van der Waals surface area (Å²) >= 11 is 0. The molecule has 0 aliphatic carbocycles. The van der Waals surface area contributed by atoms with Gasteiger partial charge < -0.3 is 10.1 Å². The fourth-order valence-electron chi connectivity index (χ4n) is 3.10. The van der Waals surface area contributed by atoms with Crippen molar-refractivity contribution in [3.63, 3.8) is 0 Å². The SMILES string of the molecule is O=C1NCC2c3ccccc3Oc3ccccc3C12. The number of benzene rings is 2. The van der Waals surface area contributed by atoms with Crippen LogP contribution in [0, 0.1) is 0 Å². The van der Waals surface area contributed by atoms with Gasteiger partial charge in [0.25, 0.3) is 0 Å². The lowest BCUT2D eigenvalue weighted by Gasteiger charge is -2.14. The number of carbonyl (C=O) groups is 1. The molecule has 0 radical (unpaired) electrons. The average molecular weight is 251 g/mol. The van der Waals surface area contributed by atoms with Crippen LogP contribution in [0.3, 0.4) is 0 Å². The Kier molecular flexibility index (Phi) is 2.15. The topological polar surface area (TPSA) is 38.3 Å². The molecule has 0 saturated carbocycles. The Hall–Kier alpha value is -2.29. The van der Waals surface area contributed by atoms with E-state index in [1.807, 2.05) is 42.5 Å². The highest BCUT2D eigenvalue weighted by Gasteiger charge is 2.41. The number of amides is 1. The zero-order chi connectivity index (χ0) is 12.8. The highest BCUT2D eigenvalue weighted by molar-refractivity contribution is 5.88. The smallest absolute Gasteiger partial charge is 0.228 e. The summed E-state index contributed by atoms with van der Waals surface area (Å²) in [7, 11) is 0. The van der Waals surface area contributed by atoms with Crippen LogP contribution in [0.2, 0.25) is 0 Å². The molecule has 2 aliphatic heterocycles. The molecule has 1 amide bonds. The number of nitrogens with one attached hydrogen (secondary N) is 1. The van der Waals surface area contributed by atoms with Crippen LogP contribution in [0.15, 0.2) is 48.5 Å². The van der Waals surface area contributed by atoms with Gasteiger partial charge in [0.1, 0.15) is 11.5 Å². The van der Waals surface area contributed by atoms with Crippen LogP contribution in [-0.2, 0) is 4.79 Å². The van der Waals surface area contributed by atoms with Gasteiger partial charge in [-0.1, -0.05) is 36.4 Å². The molecule has 94 valence electrons. The minimum Gasteiger partial charge on any atom is -0.457 e. The summed E-state index contributed by atoms with van der Waals surface area (Å²) in [6.07, 6.45) is 0. The Morgan fingerprint density at radius 2 is 1.58 bits per heavy atom. The first-order chi connectivity index (χ1) is 9.34. The Morgan fingerprint density at radius 3 is 2.37 bits per heavy atom. The molecule has 2 aromatic rings. The highest BCUT2D eigenvalue weighted by atomic mass is 16.5. The van der Waals surface area contributed by atoms with Crippen LogP contribution < -0.4 is 10.1 Å².